The summed E-state index contributed by atoms with van der Waals surface area (Å²) < 4.78 is 72.3. The summed E-state index contributed by atoms with van der Waals surface area (Å²) in [6.07, 6.45) is 0.996. The van der Waals surface area contributed by atoms with Crippen LogP contribution in [0.5, 0.6) is 5.75 Å². The molecule has 0 saturated heterocycles. The van der Waals surface area contributed by atoms with Crippen molar-refractivity contribution < 1.29 is 26.7 Å². The van der Waals surface area contributed by atoms with Crippen LogP contribution in [0.25, 0.3) is 11.1 Å². The monoisotopic (exact) mass is 398 g/mol. The van der Waals surface area contributed by atoms with Crippen LogP contribution < -0.4 is 4.74 Å². The van der Waals surface area contributed by atoms with Crippen molar-refractivity contribution in [3.63, 3.8) is 0 Å². The van der Waals surface area contributed by atoms with Gasteiger partial charge in [-0.1, -0.05) is 38.3 Å². The first kappa shape index (κ1) is 20.6. The Bertz CT molecular complexity index is 790. The molecular formula is C22H23F5O. The molecular weight excluding hydrogens is 375 g/mol. The lowest BCUT2D eigenvalue weighted by Gasteiger charge is -2.27. The highest BCUT2D eigenvalue weighted by atomic mass is 19.4. The molecule has 1 aliphatic rings. The van der Waals surface area contributed by atoms with Crippen LogP contribution in [0, 0.1) is 23.5 Å². The topological polar surface area (TPSA) is 9.23 Å². The Morgan fingerprint density at radius 2 is 1.46 bits per heavy atom. The highest BCUT2D eigenvalue weighted by Crippen LogP contribution is 2.35. The van der Waals surface area contributed by atoms with Gasteiger partial charge in [0.2, 0.25) is 5.82 Å². The highest BCUT2D eigenvalue weighted by molar-refractivity contribution is 5.65. The van der Waals surface area contributed by atoms with E-state index in [1.807, 2.05) is 0 Å². The van der Waals surface area contributed by atoms with Crippen molar-refractivity contribution in [1.29, 1.82) is 0 Å². The molecule has 0 radical (unpaired) electrons. The van der Waals surface area contributed by atoms with E-state index in [0.29, 0.717) is 12.5 Å². The SMILES string of the molecule is CC[C@H]1CC[C@H](COc2ccc(-c3ccc(C(F)(F)F)cc3)c(F)c2F)CC1. The van der Waals surface area contributed by atoms with Gasteiger partial charge in [-0.3, -0.25) is 0 Å². The van der Waals surface area contributed by atoms with E-state index in [9.17, 15) is 22.0 Å². The summed E-state index contributed by atoms with van der Waals surface area (Å²) in [6.45, 7) is 2.52. The Hall–Kier alpha value is -2.11. The summed E-state index contributed by atoms with van der Waals surface area (Å²) in [4.78, 5) is 0. The second-order valence-corrected chi connectivity index (χ2v) is 7.42. The molecule has 1 fully saturated rings. The maximum absolute atomic E-state index is 14.5. The summed E-state index contributed by atoms with van der Waals surface area (Å²) in [5.74, 6) is -1.31. The van der Waals surface area contributed by atoms with E-state index in [1.54, 1.807) is 0 Å². The lowest BCUT2D eigenvalue weighted by molar-refractivity contribution is -0.137. The summed E-state index contributed by atoms with van der Waals surface area (Å²) in [5.41, 5.74) is -0.759. The van der Waals surface area contributed by atoms with Gasteiger partial charge in [0.05, 0.1) is 12.2 Å². The predicted molar refractivity (Wildman–Crippen MR) is 98.0 cm³/mol. The number of rotatable bonds is 5. The van der Waals surface area contributed by atoms with Gasteiger partial charge in [0, 0.05) is 5.56 Å². The fourth-order valence-corrected chi connectivity index (χ4v) is 3.72. The fourth-order valence-electron chi connectivity index (χ4n) is 3.72. The van der Waals surface area contributed by atoms with Gasteiger partial charge in [-0.25, -0.2) is 4.39 Å². The minimum atomic E-state index is -4.48. The predicted octanol–water partition coefficient (Wildman–Crippen LogP) is 7.25. The van der Waals surface area contributed by atoms with Gasteiger partial charge in [-0.05, 0) is 54.5 Å². The molecule has 6 heteroatoms. The molecule has 3 rings (SSSR count). The number of benzene rings is 2. The molecule has 0 atom stereocenters. The number of alkyl halides is 3. The molecule has 1 nitrogen and oxygen atoms in total. The van der Waals surface area contributed by atoms with Crippen LogP contribution >= 0.6 is 0 Å². The molecule has 2 aromatic rings. The van der Waals surface area contributed by atoms with Gasteiger partial charge in [0.25, 0.3) is 0 Å². The molecule has 152 valence electrons. The third kappa shape index (κ3) is 4.65. The minimum Gasteiger partial charge on any atom is -0.490 e. The number of hydrogen-bond donors (Lipinski definition) is 0. The maximum Gasteiger partial charge on any atom is 0.416 e. The standard InChI is InChI=1S/C22H23F5O/c1-2-14-3-5-15(6-4-14)13-28-19-12-11-18(20(23)21(19)24)16-7-9-17(10-8-16)22(25,26)27/h7-12,14-15H,2-6,13H2,1H3/t14-,15-. The molecule has 2 aromatic carbocycles. The first-order valence-electron chi connectivity index (χ1n) is 9.58. The van der Waals surface area contributed by atoms with Crippen molar-refractivity contribution in [3.8, 4) is 16.9 Å². The van der Waals surface area contributed by atoms with E-state index in [0.717, 1.165) is 55.9 Å². The molecule has 1 saturated carbocycles. The zero-order valence-corrected chi connectivity index (χ0v) is 15.7. The molecule has 0 heterocycles. The Labute approximate surface area is 161 Å². The molecule has 0 amide bonds. The van der Waals surface area contributed by atoms with Crippen LogP contribution in [-0.4, -0.2) is 6.61 Å². The van der Waals surface area contributed by atoms with E-state index in [4.69, 9.17) is 4.74 Å². The molecule has 0 aliphatic heterocycles. The summed E-state index contributed by atoms with van der Waals surface area (Å²) >= 11 is 0. The number of hydrogen-bond acceptors (Lipinski definition) is 1. The van der Waals surface area contributed by atoms with Gasteiger partial charge in [-0.15, -0.1) is 0 Å². The van der Waals surface area contributed by atoms with E-state index >= 15 is 0 Å². The van der Waals surface area contributed by atoms with Crippen LogP contribution in [0.1, 0.15) is 44.6 Å². The quantitative estimate of drug-likeness (QED) is 0.482. The van der Waals surface area contributed by atoms with Crippen molar-refractivity contribution in [2.24, 2.45) is 11.8 Å². The van der Waals surface area contributed by atoms with Gasteiger partial charge in [-0.2, -0.15) is 17.6 Å². The van der Waals surface area contributed by atoms with Crippen LogP contribution in [0.4, 0.5) is 22.0 Å². The molecule has 0 unspecified atom stereocenters. The fraction of sp³-hybridized carbons (Fsp3) is 0.455. The van der Waals surface area contributed by atoms with Crippen LogP contribution in [0.15, 0.2) is 36.4 Å². The average Bonchev–Trinajstić information content (AvgIpc) is 2.69. The summed E-state index contributed by atoms with van der Waals surface area (Å²) in [7, 11) is 0. The molecule has 0 N–H and O–H groups in total. The zero-order valence-electron chi connectivity index (χ0n) is 15.7. The smallest absolute Gasteiger partial charge is 0.416 e. The summed E-state index contributed by atoms with van der Waals surface area (Å²) in [5, 5.41) is 0. The Morgan fingerprint density at radius 3 is 2.04 bits per heavy atom. The normalized spacial score (nSPS) is 20.2. The maximum atomic E-state index is 14.5. The molecule has 28 heavy (non-hydrogen) atoms. The molecule has 0 spiro atoms. The van der Waals surface area contributed by atoms with Crippen molar-refractivity contribution >= 4 is 0 Å². The van der Waals surface area contributed by atoms with Crippen molar-refractivity contribution in [3.05, 3.63) is 53.6 Å². The van der Waals surface area contributed by atoms with E-state index in [1.165, 1.54) is 18.6 Å². The second-order valence-electron chi connectivity index (χ2n) is 7.42. The van der Waals surface area contributed by atoms with E-state index in [2.05, 4.69) is 6.92 Å². The molecule has 0 bridgehead atoms. The van der Waals surface area contributed by atoms with Crippen molar-refractivity contribution in [2.75, 3.05) is 6.61 Å². The lowest BCUT2D eigenvalue weighted by atomic mass is 9.81. The average molecular weight is 398 g/mol. The third-order valence-corrected chi connectivity index (χ3v) is 5.59. The molecule has 0 aromatic heterocycles. The first-order chi connectivity index (χ1) is 13.3. The highest BCUT2D eigenvalue weighted by Gasteiger charge is 2.30. The second kappa shape index (κ2) is 8.50. The van der Waals surface area contributed by atoms with E-state index < -0.39 is 23.4 Å². The largest absolute Gasteiger partial charge is 0.490 e. The molecule has 1 aliphatic carbocycles. The van der Waals surface area contributed by atoms with Gasteiger partial charge in [0.15, 0.2) is 11.6 Å². The van der Waals surface area contributed by atoms with Gasteiger partial charge < -0.3 is 4.74 Å². The van der Waals surface area contributed by atoms with Gasteiger partial charge in [0.1, 0.15) is 0 Å². The number of halogens is 5. The Balaban J connectivity index is 1.69. The van der Waals surface area contributed by atoms with Crippen LogP contribution in [0.3, 0.4) is 0 Å². The zero-order chi connectivity index (χ0) is 20.3. The first-order valence-corrected chi connectivity index (χ1v) is 9.58. The van der Waals surface area contributed by atoms with Gasteiger partial charge >= 0.3 is 6.18 Å². The third-order valence-electron chi connectivity index (χ3n) is 5.59. The minimum absolute atomic E-state index is 0.0953. The van der Waals surface area contributed by atoms with Crippen LogP contribution in [0.2, 0.25) is 0 Å². The Morgan fingerprint density at radius 1 is 0.857 bits per heavy atom. The van der Waals surface area contributed by atoms with Crippen molar-refractivity contribution in [1.82, 2.24) is 0 Å². The lowest BCUT2D eigenvalue weighted by Crippen LogP contribution is -2.20. The Kier molecular flexibility index (Phi) is 6.26. The number of ether oxygens (including phenoxy) is 1. The summed E-state index contributed by atoms with van der Waals surface area (Å²) in [6, 6.07) is 6.64. The van der Waals surface area contributed by atoms with Crippen LogP contribution in [-0.2, 0) is 6.18 Å². The van der Waals surface area contributed by atoms with E-state index in [-0.39, 0.29) is 16.9 Å². The van der Waals surface area contributed by atoms with Crippen molar-refractivity contribution in [2.45, 2.75) is 45.2 Å².